The lowest BCUT2D eigenvalue weighted by Crippen LogP contribution is -2.61. The Morgan fingerprint density at radius 2 is 1.76 bits per heavy atom. The third-order valence-electron chi connectivity index (χ3n) is 7.74. The Morgan fingerprint density at radius 3 is 2.41 bits per heavy atom. The van der Waals surface area contributed by atoms with Crippen molar-refractivity contribution in [2.24, 2.45) is 0 Å². The van der Waals surface area contributed by atoms with E-state index in [1.54, 1.807) is 30.5 Å². The molecule has 0 N–H and O–H groups in total. The van der Waals surface area contributed by atoms with Crippen LogP contribution in [0.2, 0.25) is 5.02 Å². The van der Waals surface area contributed by atoms with Crippen LogP contribution >= 0.6 is 11.6 Å². The van der Waals surface area contributed by atoms with Gasteiger partial charge in [0, 0.05) is 37.3 Å². The smallest absolute Gasteiger partial charge is 0.343 e. The zero-order valence-corrected chi connectivity index (χ0v) is 24.8. The van der Waals surface area contributed by atoms with Crippen LogP contribution in [0, 0.1) is 5.82 Å². The molecule has 0 saturated carbocycles. The fraction of sp³-hybridized carbons (Fsp3) is 0.400. The van der Waals surface area contributed by atoms with E-state index < -0.39 is 17.3 Å². The van der Waals surface area contributed by atoms with Crippen LogP contribution in [-0.4, -0.2) is 72.7 Å². The number of rotatable bonds is 5. The third kappa shape index (κ3) is 5.16. The van der Waals surface area contributed by atoms with E-state index in [0.717, 1.165) is 17.1 Å². The third-order valence-corrected chi connectivity index (χ3v) is 8.05. The Balaban J connectivity index is 1.39. The number of benzene rings is 1. The monoisotopic (exact) mass is 581 g/mol. The average Bonchev–Trinajstić information content (AvgIpc) is 3.22. The van der Waals surface area contributed by atoms with Crippen LogP contribution in [0.4, 0.5) is 21.5 Å². The largest absolute Gasteiger partial charge is 0.480 e. The van der Waals surface area contributed by atoms with E-state index >= 15 is 0 Å². The minimum atomic E-state index is -0.552. The summed E-state index contributed by atoms with van der Waals surface area (Å²) in [6.45, 7) is 10.2. The second kappa shape index (κ2) is 10.5. The molecule has 0 aliphatic carbocycles. The van der Waals surface area contributed by atoms with Crippen molar-refractivity contribution < 1.29 is 23.5 Å². The number of esters is 1. The summed E-state index contributed by atoms with van der Waals surface area (Å²) in [5, 5.41) is 0.0707. The first-order valence-electron chi connectivity index (χ1n) is 13.3. The molecule has 0 bridgehead atoms. The number of anilines is 3. The van der Waals surface area contributed by atoms with Crippen LogP contribution < -0.4 is 14.5 Å². The fourth-order valence-corrected chi connectivity index (χ4v) is 5.77. The molecule has 4 heterocycles. The first-order chi connectivity index (χ1) is 19.4. The zero-order valence-electron chi connectivity index (χ0n) is 24.0. The van der Waals surface area contributed by atoms with Gasteiger partial charge in [0.2, 0.25) is 5.88 Å². The van der Waals surface area contributed by atoms with Crippen molar-refractivity contribution in [1.82, 2.24) is 14.9 Å². The summed E-state index contributed by atoms with van der Waals surface area (Å²) < 4.78 is 24.3. The van der Waals surface area contributed by atoms with Crippen LogP contribution in [0.1, 0.15) is 54.2 Å². The van der Waals surface area contributed by atoms with Gasteiger partial charge in [-0.2, -0.15) is 0 Å². The molecule has 216 valence electrons. The summed E-state index contributed by atoms with van der Waals surface area (Å²) in [4.78, 5) is 41.2. The maximum Gasteiger partial charge on any atom is 0.343 e. The maximum atomic E-state index is 14.2. The second-order valence-corrected chi connectivity index (χ2v) is 12.0. The van der Waals surface area contributed by atoms with Gasteiger partial charge >= 0.3 is 5.97 Å². The van der Waals surface area contributed by atoms with E-state index in [1.165, 1.54) is 20.3 Å². The summed E-state index contributed by atoms with van der Waals surface area (Å²) in [6.07, 6.45) is 1.65. The molecule has 11 heteroatoms. The van der Waals surface area contributed by atoms with Crippen molar-refractivity contribution in [2.75, 3.05) is 50.2 Å². The number of amides is 1. The van der Waals surface area contributed by atoms with Gasteiger partial charge in [0.05, 0.1) is 48.0 Å². The van der Waals surface area contributed by atoms with Crippen LogP contribution in [0.15, 0.2) is 42.6 Å². The summed E-state index contributed by atoms with van der Waals surface area (Å²) in [5.41, 5.74) is 2.73. The highest BCUT2D eigenvalue weighted by Crippen LogP contribution is 2.44. The number of carbonyl (C=O) groups is 2. The number of ether oxygens (including phenoxy) is 2. The Morgan fingerprint density at radius 1 is 1.00 bits per heavy atom. The predicted octanol–water partition coefficient (Wildman–Crippen LogP) is 5.23. The van der Waals surface area contributed by atoms with Crippen LogP contribution in [-0.2, 0) is 10.2 Å². The zero-order chi connectivity index (χ0) is 29.7. The molecule has 2 aliphatic rings. The summed E-state index contributed by atoms with van der Waals surface area (Å²) in [5.74, 6) is -0.982. The molecule has 1 fully saturated rings. The predicted molar refractivity (Wildman–Crippen MR) is 155 cm³/mol. The van der Waals surface area contributed by atoms with Crippen LogP contribution in [0.25, 0.3) is 0 Å². The van der Waals surface area contributed by atoms with Gasteiger partial charge in [0.1, 0.15) is 17.1 Å². The molecule has 1 aromatic carbocycles. The Labute approximate surface area is 243 Å². The van der Waals surface area contributed by atoms with Gasteiger partial charge in [-0.25, -0.2) is 19.2 Å². The minimum Gasteiger partial charge on any atom is -0.480 e. The minimum absolute atomic E-state index is 0.0707. The second-order valence-electron chi connectivity index (χ2n) is 11.6. The molecule has 41 heavy (non-hydrogen) atoms. The van der Waals surface area contributed by atoms with E-state index in [2.05, 4.69) is 23.7 Å². The molecule has 0 unspecified atom stereocenters. The number of methoxy groups -OCH3 is 2. The van der Waals surface area contributed by atoms with E-state index in [-0.39, 0.29) is 27.8 Å². The molecule has 0 atom stereocenters. The van der Waals surface area contributed by atoms with Crippen molar-refractivity contribution in [3.05, 3.63) is 70.4 Å². The molecular weight excluding hydrogens is 549 g/mol. The molecule has 2 aromatic heterocycles. The molecule has 0 radical (unpaired) electrons. The lowest BCUT2D eigenvalue weighted by molar-refractivity contribution is 0.0507. The van der Waals surface area contributed by atoms with E-state index in [1.807, 2.05) is 29.7 Å². The highest BCUT2D eigenvalue weighted by Gasteiger charge is 2.41. The number of halogens is 2. The van der Waals surface area contributed by atoms with Gasteiger partial charge in [-0.3, -0.25) is 4.79 Å². The number of piperazine rings is 1. The normalized spacial score (nSPS) is 17.3. The van der Waals surface area contributed by atoms with E-state index in [0.29, 0.717) is 37.6 Å². The molecule has 3 aromatic rings. The molecule has 9 nitrogen and oxygen atoms in total. The van der Waals surface area contributed by atoms with Gasteiger partial charge in [0.25, 0.3) is 5.91 Å². The van der Waals surface area contributed by atoms with Gasteiger partial charge < -0.3 is 24.2 Å². The summed E-state index contributed by atoms with van der Waals surface area (Å²) in [6, 6.07) is 10.1. The molecule has 1 saturated heterocycles. The Hall–Kier alpha value is -3.92. The number of hydrogen-bond donors (Lipinski definition) is 0. The lowest BCUT2D eigenvalue weighted by atomic mass is 9.91. The van der Waals surface area contributed by atoms with Crippen molar-refractivity contribution in [1.29, 1.82) is 0 Å². The van der Waals surface area contributed by atoms with Gasteiger partial charge in [-0.15, -0.1) is 0 Å². The molecule has 2 aliphatic heterocycles. The molecule has 0 spiro atoms. The van der Waals surface area contributed by atoms with Crippen LogP contribution in [0.3, 0.4) is 0 Å². The number of fused-ring (bicyclic) bond motifs is 1. The number of aromatic nitrogens is 2. The first kappa shape index (κ1) is 28.6. The highest BCUT2D eigenvalue weighted by molar-refractivity contribution is 6.30. The summed E-state index contributed by atoms with van der Waals surface area (Å²) >= 11 is 5.90. The van der Waals surface area contributed by atoms with E-state index in [9.17, 15) is 14.0 Å². The SMILES string of the molecule is COC(=O)c1cc(N2CCN(C(=O)c3ccc4c(n3)C(C)(C)CN4c3ccc(Cl)c(F)c3)C(C)(C)C2)cnc1OC. The molecular formula is C30H33ClFN5O4. The first-order valence-corrected chi connectivity index (χ1v) is 13.7. The van der Waals surface area contributed by atoms with Gasteiger partial charge in [-0.1, -0.05) is 25.4 Å². The van der Waals surface area contributed by atoms with Crippen molar-refractivity contribution in [2.45, 2.75) is 38.6 Å². The molecule has 5 rings (SSSR count). The fourth-order valence-electron chi connectivity index (χ4n) is 5.65. The number of nitrogens with zero attached hydrogens (tertiary/aromatic N) is 5. The van der Waals surface area contributed by atoms with Crippen molar-refractivity contribution >= 4 is 40.5 Å². The summed E-state index contributed by atoms with van der Waals surface area (Å²) in [7, 11) is 2.76. The Bertz CT molecular complexity index is 1530. The Kier molecular flexibility index (Phi) is 7.31. The number of carbonyl (C=O) groups excluding carboxylic acids is 2. The lowest BCUT2D eigenvalue weighted by Gasteiger charge is -2.47. The topological polar surface area (TPSA) is 88.1 Å². The van der Waals surface area contributed by atoms with Gasteiger partial charge in [0.15, 0.2) is 0 Å². The average molecular weight is 582 g/mol. The highest BCUT2D eigenvalue weighted by atomic mass is 35.5. The standard InChI is InChI=1S/C30H33ClFN5O4/c1-29(2)16-36(18-7-8-21(31)22(32)14-18)24-10-9-23(34-25(24)29)27(38)37-12-11-35(17-30(37,3)4)19-13-20(28(39)41-6)26(40-5)33-15-19/h7-10,13-15H,11-12,16-17H2,1-6H3. The maximum absolute atomic E-state index is 14.2. The molecule has 1 amide bonds. The quantitative estimate of drug-likeness (QED) is 0.378. The van der Waals surface area contributed by atoms with Crippen LogP contribution in [0.5, 0.6) is 5.88 Å². The number of pyridine rings is 2. The van der Waals surface area contributed by atoms with Gasteiger partial charge in [-0.05, 0) is 50.2 Å². The van der Waals surface area contributed by atoms with Crippen molar-refractivity contribution in [3.8, 4) is 5.88 Å². The number of hydrogen-bond acceptors (Lipinski definition) is 8. The van der Waals surface area contributed by atoms with E-state index in [4.69, 9.17) is 26.1 Å². The van der Waals surface area contributed by atoms with Crippen molar-refractivity contribution in [3.63, 3.8) is 0 Å².